The maximum absolute atomic E-state index is 4.84. The van der Waals surface area contributed by atoms with Crippen LogP contribution in [-0.2, 0) is 0 Å². The fourth-order valence-corrected chi connectivity index (χ4v) is 4.09. The van der Waals surface area contributed by atoms with Crippen molar-refractivity contribution in [3.8, 4) is 0 Å². The van der Waals surface area contributed by atoms with E-state index in [1.807, 2.05) is 4.52 Å². The average molecular weight is 311 g/mol. The maximum atomic E-state index is 4.84. The molecule has 1 aliphatic heterocycles. The SMILES string of the molecule is c1cc2nnc(C3CCN(CC4CCC4)CC3)n2nc1C1CC1. The van der Waals surface area contributed by atoms with Crippen LogP contribution < -0.4 is 0 Å². The van der Waals surface area contributed by atoms with E-state index >= 15 is 0 Å². The smallest absolute Gasteiger partial charge is 0.177 e. The van der Waals surface area contributed by atoms with E-state index in [4.69, 9.17) is 5.10 Å². The first-order chi connectivity index (χ1) is 11.4. The molecule has 3 heterocycles. The molecule has 3 fully saturated rings. The summed E-state index contributed by atoms with van der Waals surface area (Å²) in [5.41, 5.74) is 2.13. The van der Waals surface area contributed by atoms with Crippen LogP contribution in [0.2, 0.25) is 0 Å². The predicted molar refractivity (Wildman–Crippen MR) is 88.5 cm³/mol. The topological polar surface area (TPSA) is 46.3 Å². The summed E-state index contributed by atoms with van der Waals surface area (Å²) in [6, 6.07) is 4.22. The molecule has 0 unspecified atom stereocenters. The molecule has 0 aromatic carbocycles. The third kappa shape index (κ3) is 2.65. The van der Waals surface area contributed by atoms with Crippen molar-refractivity contribution in [2.75, 3.05) is 19.6 Å². The number of hydrogen-bond donors (Lipinski definition) is 0. The van der Waals surface area contributed by atoms with E-state index in [1.165, 1.54) is 70.3 Å². The van der Waals surface area contributed by atoms with Crippen molar-refractivity contribution in [2.24, 2.45) is 5.92 Å². The van der Waals surface area contributed by atoms with Crippen molar-refractivity contribution < 1.29 is 0 Å². The molecule has 0 atom stereocenters. The summed E-state index contributed by atoms with van der Waals surface area (Å²) in [6.07, 6.45) is 9.31. The monoisotopic (exact) mass is 311 g/mol. The van der Waals surface area contributed by atoms with Gasteiger partial charge in [-0.1, -0.05) is 6.42 Å². The first-order valence-electron chi connectivity index (χ1n) is 9.31. The zero-order valence-electron chi connectivity index (χ0n) is 13.7. The average Bonchev–Trinajstić information content (AvgIpc) is 3.31. The minimum atomic E-state index is 0.518. The zero-order valence-corrected chi connectivity index (χ0v) is 13.7. The number of piperidine rings is 1. The number of nitrogens with zero attached hydrogens (tertiary/aromatic N) is 5. The summed E-state index contributed by atoms with van der Waals surface area (Å²) in [6.45, 7) is 3.73. The Morgan fingerprint density at radius 1 is 0.913 bits per heavy atom. The van der Waals surface area contributed by atoms with Crippen molar-refractivity contribution in [3.05, 3.63) is 23.7 Å². The molecular formula is C18H25N5. The molecule has 1 saturated heterocycles. The van der Waals surface area contributed by atoms with Gasteiger partial charge in [-0.05, 0) is 69.7 Å². The first-order valence-corrected chi connectivity index (χ1v) is 9.31. The number of hydrogen-bond acceptors (Lipinski definition) is 4. The van der Waals surface area contributed by atoms with Crippen LogP contribution in [0.1, 0.15) is 68.3 Å². The number of fused-ring (bicyclic) bond motifs is 1. The highest BCUT2D eigenvalue weighted by Crippen LogP contribution is 2.39. The second-order valence-corrected chi connectivity index (χ2v) is 7.73. The molecule has 2 saturated carbocycles. The van der Waals surface area contributed by atoms with Gasteiger partial charge in [0, 0.05) is 18.4 Å². The number of likely N-dealkylation sites (tertiary alicyclic amines) is 1. The van der Waals surface area contributed by atoms with E-state index in [-0.39, 0.29) is 0 Å². The van der Waals surface area contributed by atoms with Gasteiger partial charge in [0.2, 0.25) is 0 Å². The van der Waals surface area contributed by atoms with Crippen LogP contribution >= 0.6 is 0 Å². The highest BCUT2D eigenvalue weighted by molar-refractivity contribution is 5.38. The molecule has 0 N–H and O–H groups in total. The van der Waals surface area contributed by atoms with E-state index in [1.54, 1.807) is 0 Å². The first kappa shape index (κ1) is 13.9. The van der Waals surface area contributed by atoms with Gasteiger partial charge in [-0.15, -0.1) is 10.2 Å². The molecule has 122 valence electrons. The van der Waals surface area contributed by atoms with Crippen LogP contribution in [-0.4, -0.2) is 44.3 Å². The highest BCUT2D eigenvalue weighted by atomic mass is 15.4. The zero-order chi connectivity index (χ0) is 15.2. The minimum absolute atomic E-state index is 0.518. The molecule has 3 aliphatic rings. The molecular weight excluding hydrogens is 286 g/mol. The Kier molecular flexibility index (Phi) is 3.35. The lowest BCUT2D eigenvalue weighted by molar-refractivity contribution is 0.145. The van der Waals surface area contributed by atoms with Crippen molar-refractivity contribution in [2.45, 2.75) is 56.8 Å². The molecule has 2 aromatic heterocycles. The summed E-state index contributed by atoms with van der Waals surface area (Å²) in [7, 11) is 0. The van der Waals surface area contributed by atoms with Gasteiger partial charge in [-0.3, -0.25) is 0 Å². The highest BCUT2D eigenvalue weighted by Gasteiger charge is 2.29. The quantitative estimate of drug-likeness (QED) is 0.871. The largest absolute Gasteiger partial charge is 0.303 e. The van der Waals surface area contributed by atoms with Crippen LogP contribution in [0.5, 0.6) is 0 Å². The van der Waals surface area contributed by atoms with Gasteiger partial charge in [0.25, 0.3) is 0 Å². The molecule has 5 nitrogen and oxygen atoms in total. The van der Waals surface area contributed by atoms with Crippen LogP contribution in [0.4, 0.5) is 0 Å². The summed E-state index contributed by atoms with van der Waals surface area (Å²) in [4.78, 5) is 2.66. The Labute approximate surface area is 137 Å². The fourth-order valence-electron chi connectivity index (χ4n) is 4.09. The predicted octanol–water partition coefficient (Wildman–Crippen LogP) is 2.98. The molecule has 0 amide bonds. The van der Waals surface area contributed by atoms with E-state index in [0.717, 1.165) is 17.4 Å². The number of rotatable bonds is 4. The second-order valence-electron chi connectivity index (χ2n) is 7.73. The summed E-state index contributed by atoms with van der Waals surface area (Å²) in [5, 5.41) is 13.7. The Bertz CT molecular complexity index is 692. The lowest BCUT2D eigenvalue weighted by Gasteiger charge is -2.36. The summed E-state index contributed by atoms with van der Waals surface area (Å²) < 4.78 is 2.03. The molecule has 5 rings (SSSR count). The van der Waals surface area contributed by atoms with Crippen molar-refractivity contribution in [3.63, 3.8) is 0 Å². The van der Waals surface area contributed by atoms with Crippen LogP contribution in [0.3, 0.4) is 0 Å². The van der Waals surface area contributed by atoms with Gasteiger partial charge in [-0.25, -0.2) is 0 Å². The molecule has 0 radical (unpaired) electrons. The second kappa shape index (κ2) is 5.55. The third-order valence-electron chi connectivity index (χ3n) is 6.00. The lowest BCUT2D eigenvalue weighted by Crippen LogP contribution is -2.38. The van der Waals surface area contributed by atoms with Gasteiger partial charge in [0.05, 0.1) is 5.69 Å². The summed E-state index contributed by atoms with van der Waals surface area (Å²) >= 11 is 0. The molecule has 2 aliphatic carbocycles. The Morgan fingerprint density at radius 3 is 2.43 bits per heavy atom. The molecule has 0 bridgehead atoms. The van der Waals surface area contributed by atoms with E-state index in [0.29, 0.717) is 11.8 Å². The standard InChI is InChI=1S/C18H25N5/c1-2-13(3-1)12-22-10-8-15(9-11-22)18-20-19-17-7-6-16(14-4-5-14)21-23(17)18/h6-7,13-15H,1-5,8-12H2. The van der Waals surface area contributed by atoms with Crippen LogP contribution in [0, 0.1) is 5.92 Å². The van der Waals surface area contributed by atoms with Gasteiger partial charge in [0.1, 0.15) is 0 Å². The van der Waals surface area contributed by atoms with Crippen molar-refractivity contribution in [1.29, 1.82) is 0 Å². The van der Waals surface area contributed by atoms with Gasteiger partial charge in [0.15, 0.2) is 11.5 Å². The van der Waals surface area contributed by atoms with E-state index in [2.05, 4.69) is 27.2 Å². The van der Waals surface area contributed by atoms with Crippen molar-refractivity contribution >= 4 is 5.65 Å². The van der Waals surface area contributed by atoms with Crippen molar-refractivity contribution in [1.82, 2.24) is 24.7 Å². The molecule has 2 aromatic rings. The lowest BCUT2D eigenvalue weighted by atomic mass is 9.84. The molecule has 23 heavy (non-hydrogen) atoms. The Hall–Kier alpha value is -1.49. The fraction of sp³-hybridized carbons (Fsp3) is 0.722. The normalized spacial score (nSPS) is 24.2. The van der Waals surface area contributed by atoms with Gasteiger partial charge >= 0.3 is 0 Å². The van der Waals surface area contributed by atoms with E-state index < -0.39 is 0 Å². The van der Waals surface area contributed by atoms with E-state index in [9.17, 15) is 0 Å². The Morgan fingerprint density at radius 2 is 1.74 bits per heavy atom. The van der Waals surface area contributed by atoms with Crippen LogP contribution in [0.15, 0.2) is 12.1 Å². The van der Waals surface area contributed by atoms with Gasteiger partial charge in [-0.2, -0.15) is 9.61 Å². The number of aromatic nitrogens is 4. The van der Waals surface area contributed by atoms with Gasteiger partial charge < -0.3 is 4.90 Å². The third-order valence-corrected chi connectivity index (χ3v) is 6.00. The maximum Gasteiger partial charge on any atom is 0.177 e. The summed E-state index contributed by atoms with van der Waals surface area (Å²) in [5.74, 6) is 3.26. The Balaban J connectivity index is 1.31. The minimum Gasteiger partial charge on any atom is -0.303 e. The molecule has 5 heteroatoms. The molecule has 0 spiro atoms. The van der Waals surface area contributed by atoms with Crippen LogP contribution in [0.25, 0.3) is 5.65 Å².